The zero-order chi connectivity index (χ0) is 14.1. The van der Waals surface area contributed by atoms with Gasteiger partial charge in [0.15, 0.2) is 0 Å². The van der Waals surface area contributed by atoms with Gasteiger partial charge in [0.1, 0.15) is 0 Å². The molecule has 0 amide bonds. The number of hydrogen-bond acceptors (Lipinski definition) is 3. The zero-order valence-corrected chi connectivity index (χ0v) is 12.3. The summed E-state index contributed by atoms with van der Waals surface area (Å²) in [4.78, 5) is 0.354. The highest BCUT2D eigenvalue weighted by Crippen LogP contribution is 2.48. The molecule has 1 aromatic carbocycles. The van der Waals surface area contributed by atoms with Crippen LogP contribution in [0.25, 0.3) is 0 Å². The lowest BCUT2D eigenvalue weighted by atomic mass is 10.0. The monoisotopic (exact) mass is 283 g/mol. The Morgan fingerprint density at radius 3 is 2.58 bits per heavy atom. The molecule has 1 aliphatic rings. The lowest BCUT2D eigenvalue weighted by Gasteiger charge is -2.16. The molecule has 1 aliphatic carbocycles. The molecule has 0 aromatic heterocycles. The van der Waals surface area contributed by atoms with E-state index in [0.717, 1.165) is 24.0 Å². The van der Waals surface area contributed by atoms with Gasteiger partial charge in [-0.05, 0) is 55.7 Å². The fraction of sp³-hybridized carbons (Fsp3) is 0.571. The van der Waals surface area contributed by atoms with E-state index in [-0.39, 0.29) is 12.0 Å². The molecule has 0 radical (unpaired) electrons. The molecule has 0 atom stereocenters. The molecule has 0 saturated heterocycles. The molecule has 2 N–H and O–H groups in total. The van der Waals surface area contributed by atoms with Crippen molar-refractivity contribution in [3.05, 3.63) is 29.3 Å². The van der Waals surface area contributed by atoms with Gasteiger partial charge in [-0.3, -0.25) is 0 Å². The predicted octanol–water partition coefficient (Wildman–Crippen LogP) is 1.74. The van der Waals surface area contributed by atoms with Crippen molar-refractivity contribution < 1.29 is 13.5 Å². The largest absolute Gasteiger partial charge is 0.396 e. The smallest absolute Gasteiger partial charge is 0.240 e. The van der Waals surface area contributed by atoms with Crippen LogP contribution in [0.4, 0.5) is 0 Å². The van der Waals surface area contributed by atoms with Gasteiger partial charge in [0.2, 0.25) is 10.0 Å². The first-order valence-corrected chi connectivity index (χ1v) is 8.05. The summed E-state index contributed by atoms with van der Waals surface area (Å²) in [6, 6.07) is 5.43. The summed E-state index contributed by atoms with van der Waals surface area (Å²) in [5.74, 6) is 0. The van der Waals surface area contributed by atoms with E-state index in [1.807, 2.05) is 19.1 Å². The third-order valence-corrected chi connectivity index (χ3v) is 5.41. The molecule has 1 fully saturated rings. The highest BCUT2D eigenvalue weighted by molar-refractivity contribution is 7.89. The van der Waals surface area contributed by atoms with Gasteiger partial charge in [-0.15, -0.1) is 0 Å². The summed E-state index contributed by atoms with van der Waals surface area (Å²) in [7, 11) is -3.46. The van der Waals surface area contributed by atoms with Gasteiger partial charge in [0.25, 0.3) is 0 Å². The van der Waals surface area contributed by atoms with Gasteiger partial charge in [-0.1, -0.05) is 12.1 Å². The topological polar surface area (TPSA) is 66.4 Å². The van der Waals surface area contributed by atoms with E-state index in [1.54, 1.807) is 13.0 Å². The maximum atomic E-state index is 12.3. The van der Waals surface area contributed by atoms with Crippen molar-refractivity contribution in [2.24, 2.45) is 5.41 Å². The molecule has 4 nitrogen and oxygen atoms in total. The van der Waals surface area contributed by atoms with Gasteiger partial charge < -0.3 is 5.11 Å². The average molecular weight is 283 g/mol. The molecule has 0 unspecified atom stereocenters. The maximum absolute atomic E-state index is 12.3. The van der Waals surface area contributed by atoms with Crippen LogP contribution in [-0.2, 0) is 10.0 Å². The summed E-state index contributed by atoms with van der Waals surface area (Å²) in [5.41, 5.74) is 1.67. The number of sulfonamides is 1. The minimum atomic E-state index is -3.46. The first kappa shape index (κ1) is 14.5. The van der Waals surface area contributed by atoms with E-state index in [9.17, 15) is 8.42 Å². The lowest BCUT2D eigenvalue weighted by Crippen LogP contribution is -2.31. The number of aliphatic hydroxyl groups is 1. The van der Waals surface area contributed by atoms with Gasteiger partial charge >= 0.3 is 0 Å². The minimum Gasteiger partial charge on any atom is -0.396 e. The van der Waals surface area contributed by atoms with E-state index in [1.165, 1.54) is 0 Å². The Hall–Kier alpha value is -0.910. The summed E-state index contributed by atoms with van der Waals surface area (Å²) < 4.78 is 27.3. The average Bonchev–Trinajstić information content (AvgIpc) is 3.11. The van der Waals surface area contributed by atoms with Crippen molar-refractivity contribution >= 4 is 10.0 Å². The van der Waals surface area contributed by atoms with Crippen LogP contribution in [0.1, 0.15) is 30.4 Å². The van der Waals surface area contributed by atoms with Crippen LogP contribution in [0, 0.1) is 19.3 Å². The van der Waals surface area contributed by atoms with Crippen molar-refractivity contribution in [3.8, 4) is 0 Å². The van der Waals surface area contributed by atoms with E-state index in [4.69, 9.17) is 5.11 Å². The number of nitrogens with one attached hydrogen (secondary N) is 1. The third-order valence-electron chi connectivity index (χ3n) is 3.87. The van der Waals surface area contributed by atoms with Crippen LogP contribution < -0.4 is 4.72 Å². The van der Waals surface area contributed by atoms with Crippen LogP contribution in [0.2, 0.25) is 0 Å². The summed E-state index contributed by atoms with van der Waals surface area (Å²) in [6.07, 6.45) is 2.65. The highest BCUT2D eigenvalue weighted by Gasteiger charge is 2.42. The quantitative estimate of drug-likeness (QED) is 0.836. The normalized spacial score (nSPS) is 17.4. The van der Waals surface area contributed by atoms with Crippen LogP contribution in [0.3, 0.4) is 0 Å². The van der Waals surface area contributed by atoms with Crippen LogP contribution in [0.15, 0.2) is 23.1 Å². The molecular formula is C14H21NO3S. The fourth-order valence-electron chi connectivity index (χ4n) is 2.25. The molecule has 19 heavy (non-hydrogen) atoms. The molecular weight excluding hydrogens is 262 g/mol. The number of hydrogen-bond donors (Lipinski definition) is 2. The number of benzene rings is 1. The Bertz CT molecular complexity index is 562. The predicted molar refractivity (Wildman–Crippen MR) is 74.5 cm³/mol. The second kappa shape index (κ2) is 5.23. The van der Waals surface area contributed by atoms with Gasteiger partial charge in [0.05, 0.1) is 4.90 Å². The first-order valence-electron chi connectivity index (χ1n) is 6.56. The summed E-state index contributed by atoms with van der Waals surface area (Å²) in [5, 5.41) is 8.99. The summed E-state index contributed by atoms with van der Waals surface area (Å²) >= 11 is 0. The minimum absolute atomic E-state index is 0.0143. The molecule has 1 saturated carbocycles. The van der Waals surface area contributed by atoms with Crippen molar-refractivity contribution in [2.45, 2.75) is 38.0 Å². The van der Waals surface area contributed by atoms with Crippen molar-refractivity contribution in [1.29, 1.82) is 0 Å². The summed E-state index contributed by atoms with van der Waals surface area (Å²) in [6.45, 7) is 4.22. The Morgan fingerprint density at radius 1 is 1.32 bits per heavy atom. The zero-order valence-electron chi connectivity index (χ0n) is 11.4. The molecule has 2 rings (SSSR count). The molecule has 1 aromatic rings. The van der Waals surface area contributed by atoms with E-state index >= 15 is 0 Å². The second-order valence-electron chi connectivity index (χ2n) is 5.57. The molecule has 0 aliphatic heterocycles. The molecule has 0 bridgehead atoms. The second-order valence-corrected chi connectivity index (χ2v) is 7.30. The first-order chi connectivity index (χ1) is 8.88. The Morgan fingerprint density at radius 2 is 2.00 bits per heavy atom. The molecule has 5 heteroatoms. The van der Waals surface area contributed by atoms with Gasteiger partial charge in [0, 0.05) is 13.2 Å². The van der Waals surface area contributed by atoms with Gasteiger partial charge in [-0.2, -0.15) is 0 Å². The van der Waals surface area contributed by atoms with E-state index < -0.39 is 10.0 Å². The number of aryl methyl sites for hydroxylation is 2. The highest BCUT2D eigenvalue weighted by atomic mass is 32.2. The van der Waals surface area contributed by atoms with Crippen molar-refractivity contribution in [2.75, 3.05) is 13.2 Å². The van der Waals surface area contributed by atoms with Gasteiger partial charge in [-0.25, -0.2) is 13.1 Å². The Labute approximate surface area is 114 Å². The Balaban J connectivity index is 2.12. The molecule has 0 spiro atoms. The van der Waals surface area contributed by atoms with Crippen LogP contribution in [-0.4, -0.2) is 26.7 Å². The van der Waals surface area contributed by atoms with E-state index in [0.29, 0.717) is 17.9 Å². The SMILES string of the molecule is Cc1ccc(C)c(S(=O)(=O)NCC2(CCO)CC2)c1. The molecule has 0 heterocycles. The van der Waals surface area contributed by atoms with Crippen molar-refractivity contribution in [3.63, 3.8) is 0 Å². The maximum Gasteiger partial charge on any atom is 0.240 e. The van der Waals surface area contributed by atoms with Crippen LogP contribution >= 0.6 is 0 Å². The third kappa shape index (κ3) is 3.35. The van der Waals surface area contributed by atoms with Crippen LogP contribution in [0.5, 0.6) is 0 Å². The standard InChI is InChI=1S/C14H21NO3S/c1-11-3-4-12(2)13(9-11)19(17,18)15-10-14(5-6-14)7-8-16/h3-4,9,15-16H,5-8,10H2,1-2H3. The fourth-order valence-corrected chi connectivity index (χ4v) is 3.74. The lowest BCUT2D eigenvalue weighted by molar-refractivity contribution is 0.249. The Kier molecular flexibility index (Phi) is 3.99. The molecule has 106 valence electrons. The number of rotatable bonds is 6. The number of aliphatic hydroxyl groups excluding tert-OH is 1. The van der Waals surface area contributed by atoms with E-state index in [2.05, 4.69) is 4.72 Å². The van der Waals surface area contributed by atoms with Crippen molar-refractivity contribution in [1.82, 2.24) is 4.72 Å².